The zero-order valence-corrected chi connectivity index (χ0v) is 13.1. The van der Waals surface area contributed by atoms with Crippen LogP contribution in [-0.4, -0.2) is 66.6 Å². The van der Waals surface area contributed by atoms with Crippen LogP contribution in [-0.2, 0) is 24.7 Å². The van der Waals surface area contributed by atoms with Gasteiger partial charge in [0.25, 0.3) is 0 Å². The number of hydrogen-bond acceptors (Lipinski definition) is 6. The maximum absolute atomic E-state index is 12.2. The van der Waals surface area contributed by atoms with Crippen LogP contribution in [0.2, 0.25) is 0 Å². The summed E-state index contributed by atoms with van der Waals surface area (Å²) >= 11 is 1.35. The highest BCUT2D eigenvalue weighted by molar-refractivity contribution is 8.01. The van der Waals surface area contributed by atoms with E-state index in [0.29, 0.717) is 5.75 Å². The number of nitrogens with zero attached hydrogens (tertiary/aromatic N) is 1. The highest BCUT2D eigenvalue weighted by Gasteiger charge is 2.43. The van der Waals surface area contributed by atoms with Crippen molar-refractivity contribution < 1.29 is 26.7 Å². The first kappa shape index (κ1) is 16.7. The van der Waals surface area contributed by atoms with Gasteiger partial charge >= 0.3 is 5.97 Å². The van der Waals surface area contributed by atoms with Gasteiger partial charge in [0.05, 0.1) is 0 Å². The van der Waals surface area contributed by atoms with Crippen molar-refractivity contribution in [3.8, 4) is 0 Å². The number of carboxylic acid groups (broad SMARTS) is 1. The molecule has 1 rings (SSSR count). The predicted molar refractivity (Wildman–Crippen MR) is 73.3 cm³/mol. The molecule has 0 saturated carbocycles. The van der Waals surface area contributed by atoms with Crippen molar-refractivity contribution in [3.63, 3.8) is 0 Å². The molecule has 2 unspecified atom stereocenters. The van der Waals surface area contributed by atoms with Crippen LogP contribution in [0, 0.1) is 0 Å². The van der Waals surface area contributed by atoms with E-state index in [9.17, 15) is 21.6 Å². The summed E-state index contributed by atoms with van der Waals surface area (Å²) < 4.78 is 49.1. The standard InChI is InChI=1S/C9H17NO6S3/c1-3-18(13,14)8-6-17-5-4-10(8)19(15,16)7(2)9(11)12/h7-8H,3-6H2,1-2H3,(H,11,12). The second-order valence-corrected chi connectivity index (χ2v) is 9.92. The smallest absolute Gasteiger partial charge is 0.323 e. The van der Waals surface area contributed by atoms with Gasteiger partial charge in [0, 0.05) is 23.8 Å². The average Bonchev–Trinajstić information content (AvgIpc) is 2.37. The van der Waals surface area contributed by atoms with Crippen LogP contribution >= 0.6 is 11.8 Å². The lowest BCUT2D eigenvalue weighted by atomic mass is 10.5. The summed E-state index contributed by atoms with van der Waals surface area (Å²) in [7, 11) is -7.74. The van der Waals surface area contributed by atoms with Crippen LogP contribution in [0.5, 0.6) is 0 Å². The van der Waals surface area contributed by atoms with E-state index in [1.165, 1.54) is 18.7 Å². The molecule has 0 amide bonds. The molecule has 0 radical (unpaired) electrons. The zero-order chi connectivity index (χ0) is 14.8. The summed E-state index contributed by atoms with van der Waals surface area (Å²) in [6, 6.07) is 0. The van der Waals surface area contributed by atoms with Gasteiger partial charge in [0.1, 0.15) is 5.37 Å². The number of carbonyl (C=O) groups is 1. The van der Waals surface area contributed by atoms with Crippen molar-refractivity contribution in [1.29, 1.82) is 0 Å². The molecular weight excluding hydrogens is 314 g/mol. The average molecular weight is 331 g/mol. The SMILES string of the molecule is CCS(=O)(=O)C1CSCCN1S(=O)(=O)C(C)C(=O)O. The van der Waals surface area contributed by atoms with Crippen molar-refractivity contribution in [1.82, 2.24) is 4.31 Å². The Morgan fingerprint density at radius 1 is 1.42 bits per heavy atom. The Labute approximate surface area is 117 Å². The van der Waals surface area contributed by atoms with E-state index < -0.39 is 36.5 Å². The molecule has 0 aliphatic carbocycles. The fourth-order valence-corrected chi connectivity index (χ4v) is 6.88. The minimum Gasteiger partial charge on any atom is -0.480 e. The van der Waals surface area contributed by atoms with Crippen molar-refractivity contribution in [2.75, 3.05) is 23.8 Å². The van der Waals surface area contributed by atoms with Crippen molar-refractivity contribution >= 4 is 37.6 Å². The quantitative estimate of drug-likeness (QED) is 0.730. The fraction of sp³-hybridized carbons (Fsp3) is 0.889. The Bertz CT molecular complexity index is 540. The van der Waals surface area contributed by atoms with Crippen LogP contribution < -0.4 is 0 Å². The van der Waals surface area contributed by atoms with E-state index in [0.717, 1.165) is 11.2 Å². The first-order valence-corrected chi connectivity index (χ1v) is 10.0. The number of sulfonamides is 1. The van der Waals surface area contributed by atoms with Gasteiger partial charge in [0.15, 0.2) is 15.1 Å². The van der Waals surface area contributed by atoms with Gasteiger partial charge in [-0.25, -0.2) is 16.8 Å². The predicted octanol–water partition coefficient (Wildman–Crippen LogP) is -0.401. The molecule has 10 heteroatoms. The van der Waals surface area contributed by atoms with Crippen molar-refractivity contribution in [2.45, 2.75) is 24.5 Å². The monoisotopic (exact) mass is 331 g/mol. The maximum atomic E-state index is 12.2. The summed E-state index contributed by atoms with van der Waals surface area (Å²) in [5.74, 6) is -1.06. The molecule has 112 valence electrons. The summed E-state index contributed by atoms with van der Waals surface area (Å²) in [5, 5.41) is 6.02. The number of aliphatic carboxylic acids is 1. The summed E-state index contributed by atoms with van der Waals surface area (Å²) in [5.41, 5.74) is 0. The van der Waals surface area contributed by atoms with Gasteiger partial charge in [-0.05, 0) is 6.92 Å². The molecule has 0 aromatic carbocycles. The Hall–Kier alpha value is -0.320. The molecule has 1 aliphatic heterocycles. The minimum atomic E-state index is -4.16. The van der Waals surface area contributed by atoms with Gasteiger partial charge in [-0.3, -0.25) is 4.79 Å². The highest BCUT2D eigenvalue weighted by atomic mass is 32.2. The topological polar surface area (TPSA) is 109 Å². The maximum Gasteiger partial charge on any atom is 0.323 e. The third-order valence-corrected chi connectivity index (χ3v) is 8.58. The van der Waals surface area contributed by atoms with E-state index in [1.807, 2.05) is 0 Å². The lowest BCUT2D eigenvalue weighted by molar-refractivity contribution is -0.136. The third kappa shape index (κ3) is 3.41. The molecule has 0 aromatic rings. The molecule has 1 saturated heterocycles. The van der Waals surface area contributed by atoms with Gasteiger partial charge in [-0.1, -0.05) is 6.92 Å². The van der Waals surface area contributed by atoms with E-state index in [4.69, 9.17) is 5.11 Å². The van der Waals surface area contributed by atoms with E-state index >= 15 is 0 Å². The van der Waals surface area contributed by atoms with Crippen LogP contribution in [0.1, 0.15) is 13.8 Å². The molecule has 7 nitrogen and oxygen atoms in total. The molecule has 2 atom stereocenters. The van der Waals surface area contributed by atoms with E-state index in [-0.39, 0.29) is 18.1 Å². The molecule has 0 spiro atoms. The van der Waals surface area contributed by atoms with Gasteiger partial charge < -0.3 is 5.11 Å². The lowest BCUT2D eigenvalue weighted by Crippen LogP contribution is -2.54. The molecule has 0 aromatic heterocycles. The number of hydrogen-bond donors (Lipinski definition) is 1. The molecule has 1 aliphatic rings. The molecular formula is C9H17NO6S3. The number of carboxylic acids is 1. The molecule has 19 heavy (non-hydrogen) atoms. The van der Waals surface area contributed by atoms with Crippen molar-refractivity contribution in [3.05, 3.63) is 0 Å². The number of thioether (sulfide) groups is 1. The summed E-state index contributed by atoms with van der Waals surface area (Å²) in [6.45, 7) is 2.52. The van der Waals surface area contributed by atoms with Crippen LogP contribution in [0.25, 0.3) is 0 Å². The van der Waals surface area contributed by atoms with Gasteiger partial charge in [0.2, 0.25) is 10.0 Å². The van der Waals surface area contributed by atoms with E-state index in [1.54, 1.807) is 0 Å². The Balaban J connectivity index is 3.18. The molecule has 1 heterocycles. The third-order valence-electron chi connectivity index (χ3n) is 2.98. The number of sulfone groups is 1. The lowest BCUT2D eigenvalue weighted by Gasteiger charge is -2.34. The van der Waals surface area contributed by atoms with Gasteiger partial charge in [-0.2, -0.15) is 16.1 Å². The first-order valence-electron chi connectivity index (χ1n) is 5.67. The summed E-state index contributed by atoms with van der Waals surface area (Å²) in [6.07, 6.45) is 0. The van der Waals surface area contributed by atoms with Crippen molar-refractivity contribution in [2.24, 2.45) is 0 Å². The Kier molecular flexibility index (Phi) is 5.27. The highest BCUT2D eigenvalue weighted by Crippen LogP contribution is 2.26. The minimum absolute atomic E-state index is 0.0223. The van der Waals surface area contributed by atoms with E-state index in [2.05, 4.69) is 0 Å². The van der Waals surface area contributed by atoms with Gasteiger partial charge in [-0.15, -0.1) is 0 Å². The second-order valence-electron chi connectivity index (χ2n) is 4.12. The fourth-order valence-electron chi connectivity index (χ4n) is 1.66. The first-order chi connectivity index (χ1) is 8.64. The largest absolute Gasteiger partial charge is 0.480 e. The summed E-state index contributed by atoms with van der Waals surface area (Å²) in [4.78, 5) is 10.9. The molecule has 1 fully saturated rings. The Morgan fingerprint density at radius 3 is 2.47 bits per heavy atom. The van der Waals surface area contributed by atoms with Crippen LogP contribution in [0.3, 0.4) is 0 Å². The Morgan fingerprint density at radius 2 is 2.00 bits per heavy atom. The zero-order valence-electron chi connectivity index (χ0n) is 10.6. The molecule has 0 bridgehead atoms. The molecule has 1 N–H and O–H groups in total. The number of rotatable bonds is 5. The van der Waals surface area contributed by atoms with Crippen LogP contribution in [0.4, 0.5) is 0 Å². The normalized spacial score (nSPS) is 24.0. The van der Waals surface area contributed by atoms with Crippen LogP contribution in [0.15, 0.2) is 0 Å². The second kappa shape index (κ2) is 5.98.